The summed E-state index contributed by atoms with van der Waals surface area (Å²) in [4.78, 5) is 24.9. The van der Waals surface area contributed by atoms with Crippen molar-refractivity contribution in [2.24, 2.45) is 0 Å². The molecule has 0 unspecified atom stereocenters. The van der Waals surface area contributed by atoms with E-state index in [9.17, 15) is 19.3 Å². The van der Waals surface area contributed by atoms with E-state index >= 15 is 0 Å². The van der Waals surface area contributed by atoms with Crippen LogP contribution in [0.2, 0.25) is 0 Å². The van der Waals surface area contributed by atoms with Crippen molar-refractivity contribution in [3.63, 3.8) is 0 Å². The standard InChI is InChI=1S/C17H15FN2O5/c18-12-2-1-3-14(10-12)25-17(21)15-11-13(20(22)23)4-5-16(15)19-6-8-24-9-7-19/h1-5,10-11H,6-9H2. The largest absolute Gasteiger partial charge is 0.423 e. The summed E-state index contributed by atoms with van der Waals surface area (Å²) in [6.45, 7) is 2.10. The van der Waals surface area contributed by atoms with Crippen molar-refractivity contribution in [3.05, 3.63) is 64.0 Å². The lowest BCUT2D eigenvalue weighted by Gasteiger charge is -2.30. The second-order valence-corrected chi connectivity index (χ2v) is 5.40. The number of carbonyl (C=O) groups is 1. The Balaban J connectivity index is 1.94. The fourth-order valence-electron chi connectivity index (χ4n) is 2.57. The molecule has 1 saturated heterocycles. The summed E-state index contributed by atoms with van der Waals surface area (Å²) in [5, 5.41) is 11.0. The van der Waals surface area contributed by atoms with Crippen LogP contribution < -0.4 is 9.64 Å². The minimum absolute atomic E-state index is 0.0319. The van der Waals surface area contributed by atoms with Crippen LogP contribution in [0, 0.1) is 15.9 Å². The molecule has 0 N–H and O–H groups in total. The van der Waals surface area contributed by atoms with Gasteiger partial charge in [-0.3, -0.25) is 10.1 Å². The summed E-state index contributed by atoms with van der Waals surface area (Å²) in [7, 11) is 0. The molecule has 130 valence electrons. The van der Waals surface area contributed by atoms with Gasteiger partial charge >= 0.3 is 5.97 Å². The van der Waals surface area contributed by atoms with Crippen LogP contribution in [0.25, 0.3) is 0 Å². The number of nitro benzene ring substituents is 1. The summed E-state index contributed by atoms with van der Waals surface area (Å²) in [5.74, 6) is -1.29. The fraction of sp³-hybridized carbons (Fsp3) is 0.235. The van der Waals surface area contributed by atoms with E-state index in [1.165, 1.54) is 36.4 Å². The number of halogens is 1. The van der Waals surface area contributed by atoms with E-state index < -0.39 is 16.7 Å². The number of hydrogen-bond acceptors (Lipinski definition) is 6. The summed E-state index contributed by atoms with van der Waals surface area (Å²) in [5.41, 5.74) is 0.360. The molecule has 0 atom stereocenters. The first-order valence-corrected chi connectivity index (χ1v) is 7.63. The van der Waals surface area contributed by atoms with Crippen LogP contribution in [0.1, 0.15) is 10.4 Å². The lowest BCUT2D eigenvalue weighted by atomic mass is 10.1. The van der Waals surface area contributed by atoms with Gasteiger partial charge in [-0.15, -0.1) is 0 Å². The van der Waals surface area contributed by atoms with Gasteiger partial charge < -0.3 is 14.4 Å². The number of nitrogens with zero attached hydrogens (tertiary/aromatic N) is 2. The zero-order chi connectivity index (χ0) is 17.8. The molecule has 0 aliphatic carbocycles. The minimum atomic E-state index is -0.782. The van der Waals surface area contributed by atoms with Gasteiger partial charge in [0.25, 0.3) is 5.69 Å². The lowest BCUT2D eigenvalue weighted by Crippen LogP contribution is -2.37. The maximum Gasteiger partial charge on any atom is 0.345 e. The maximum atomic E-state index is 13.3. The molecule has 0 amide bonds. The van der Waals surface area contributed by atoms with E-state index in [4.69, 9.17) is 9.47 Å². The number of benzene rings is 2. The number of hydrogen-bond donors (Lipinski definition) is 0. The molecule has 0 saturated carbocycles. The van der Waals surface area contributed by atoms with Gasteiger partial charge in [-0.2, -0.15) is 0 Å². The summed E-state index contributed by atoms with van der Waals surface area (Å²) in [6, 6.07) is 9.18. The quantitative estimate of drug-likeness (QED) is 0.366. The van der Waals surface area contributed by atoms with E-state index in [-0.39, 0.29) is 17.0 Å². The molecule has 1 aliphatic rings. The number of ether oxygens (including phenoxy) is 2. The van der Waals surface area contributed by atoms with Gasteiger partial charge in [-0.1, -0.05) is 6.07 Å². The van der Waals surface area contributed by atoms with E-state index in [1.54, 1.807) is 0 Å². The first kappa shape index (κ1) is 16.8. The van der Waals surface area contributed by atoms with E-state index in [1.807, 2.05) is 4.90 Å². The van der Waals surface area contributed by atoms with Gasteiger partial charge in [-0.25, -0.2) is 9.18 Å². The molecule has 0 bridgehead atoms. The molecule has 7 nitrogen and oxygen atoms in total. The number of morpholine rings is 1. The molecule has 25 heavy (non-hydrogen) atoms. The second-order valence-electron chi connectivity index (χ2n) is 5.40. The van der Waals surface area contributed by atoms with E-state index in [0.717, 1.165) is 6.07 Å². The molecule has 2 aromatic rings. The first-order valence-electron chi connectivity index (χ1n) is 7.63. The Bertz CT molecular complexity index is 805. The van der Waals surface area contributed by atoms with Gasteiger partial charge in [-0.05, 0) is 18.2 Å². The van der Waals surface area contributed by atoms with Crippen molar-refractivity contribution in [2.45, 2.75) is 0 Å². The predicted octanol–water partition coefficient (Wildman–Crippen LogP) is 2.79. The lowest BCUT2D eigenvalue weighted by molar-refractivity contribution is -0.384. The van der Waals surface area contributed by atoms with Gasteiger partial charge in [0.2, 0.25) is 0 Å². The Morgan fingerprint density at radius 1 is 1.20 bits per heavy atom. The second kappa shape index (κ2) is 7.27. The van der Waals surface area contributed by atoms with Crippen LogP contribution in [-0.4, -0.2) is 37.2 Å². The topological polar surface area (TPSA) is 81.9 Å². The van der Waals surface area contributed by atoms with Crippen molar-refractivity contribution in [1.82, 2.24) is 0 Å². The third kappa shape index (κ3) is 3.92. The highest BCUT2D eigenvalue weighted by Crippen LogP contribution is 2.28. The van der Waals surface area contributed by atoms with Gasteiger partial charge in [0, 0.05) is 31.3 Å². The smallest absolute Gasteiger partial charge is 0.345 e. The Morgan fingerprint density at radius 3 is 2.64 bits per heavy atom. The third-order valence-electron chi connectivity index (χ3n) is 3.77. The van der Waals surface area contributed by atoms with Crippen molar-refractivity contribution in [2.75, 3.05) is 31.2 Å². The third-order valence-corrected chi connectivity index (χ3v) is 3.77. The average Bonchev–Trinajstić information content (AvgIpc) is 2.62. The minimum Gasteiger partial charge on any atom is -0.423 e. The van der Waals surface area contributed by atoms with Gasteiger partial charge in [0.1, 0.15) is 11.6 Å². The number of nitro groups is 1. The highest BCUT2D eigenvalue weighted by molar-refractivity contribution is 5.98. The maximum absolute atomic E-state index is 13.3. The van der Waals surface area contributed by atoms with Crippen LogP contribution in [0.3, 0.4) is 0 Å². The highest BCUT2D eigenvalue weighted by atomic mass is 19.1. The van der Waals surface area contributed by atoms with Crippen LogP contribution in [0.15, 0.2) is 42.5 Å². The molecule has 3 rings (SSSR count). The summed E-state index contributed by atoms with van der Waals surface area (Å²) in [6.07, 6.45) is 0. The van der Waals surface area contributed by atoms with E-state index in [2.05, 4.69) is 0 Å². The average molecular weight is 346 g/mol. The molecule has 2 aromatic carbocycles. The molecule has 0 spiro atoms. The van der Waals surface area contributed by atoms with Crippen molar-refractivity contribution in [1.29, 1.82) is 0 Å². The summed E-state index contributed by atoms with van der Waals surface area (Å²) >= 11 is 0. The van der Waals surface area contributed by atoms with Crippen molar-refractivity contribution in [3.8, 4) is 5.75 Å². The molecular weight excluding hydrogens is 331 g/mol. The zero-order valence-electron chi connectivity index (χ0n) is 13.2. The first-order chi connectivity index (χ1) is 12.0. The van der Waals surface area contributed by atoms with Crippen LogP contribution >= 0.6 is 0 Å². The monoisotopic (exact) mass is 346 g/mol. The number of carbonyl (C=O) groups excluding carboxylic acids is 1. The molecule has 1 heterocycles. The van der Waals surface area contributed by atoms with Crippen molar-refractivity contribution >= 4 is 17.3 Å². The highest BCUT2D eigenvalue weighted by Gasteiger charge is 2.23. The van der Waals surface area contributed by atoms with Crippen LogP contribution in [0.5, 0.6) is 5.75 Å². The molecular formula is C17H15FN2O5. The predicted molar refractivity (Wildman–Crippen MR) is 87.5 cm³/mol. The van der Waals surface area contributed by atoms with Crippen molar-refractivity contribution < 1.29 is 23.6 Å². The Hall–Kier alpha value is -3.00. The molecule has 1 fully saturated rings. The Kier molecular flexibility index (Phi) is 4.90. The Morgan fingerprint density at radius 2 is 1.96 bits per heavy atom. The summed E-state index contributed by atoms with van der Waals surface area (Å²) < 4.78 is 23.7. The van der Waals surface area contributed by atoms with Crippen LogP contribution in [-0.2, 0) is 4.74 Å². The molecule has 8 heteroatoms. The van der Waals surface area contributed by atoms with Crippen LogP contribution in [0.4, 0.5) is 15.8 Å². The number of anilines is 1. The van der Waals surface area contributed by atoms with Gasteiger partial charge in [0.15, 0.2) is 0 Å². The zero-order valence-corrected chi connectivity index (χ0v) is 13.2. The van der Waals surface area contributed by atoms with E-state index in [0.29, 0.717) is 32.0 Å². The normalized spacial score (nSPS) is 14.2. The Labute approximate surface area is 142 Å². The molecule has 0 aromatic heterocycles. The number of esters is 1. The SMILES string of the molecule is O=C(Oc1cccc(F)c1)c1cc([N+](=O)[O-])ccc1N1CCOCC1. The fourth-order valence-corrected chi connectivity index (χ4v) is 2.57. The molecule has 1 aliphatic heterocycles. The molecule has 0 radical (unpaired) electrons. The number of rotatable bonds is 4. The number of non-ortho nitro benzene ring substituents is 1. The van der Waals surface area contributed by atoms with Gasteiger partial charge in [0.05, 0.1) is 29.4 Å².